The Balaban J connectivity index is 1.55. The molecule has 1 heterocycles. The first-order chi connectivity index (χ1) is 13.4. The first-order valence-electron chi connectivity index (χ1n) is 9.25. The second-order valence-electron chi connectivity index (χ2n) is 7.01. The summed E-state index contributed by atoms with van der Waals surface area (Å²) in [6.07, 6.45) is 3.77. The van der Waals surface area contributed by atoms with Crippen LogP contribution in [0.4, 0.5) is 10.5 Å². The fourth-order valence-corrected chi connectivity index (χ4v) is 4.00. The summed E-state index contributed by atoms with van der Waals surface area (Å²) in [6.45, 7) is 0.209. The number of benzene rings is 1. The Kier molecular flexibility index (Phi) is 5.98. The van der Waals surface area contributed by atoms with Crippen LogP contribution < -0.4 is 20.1 Å². The minimum atomic E-state index is -0.716. The largest absolute Gasteiger partial charge is 0.495 e. The summed E-state index contributed by atoms with van der Waals surface area (Å²) in [5.74, 6) is 0.403. The van der Waals surface area contributed by atoms with Gasteiger partial charge in [-0.15, -0.1) is 0 Å². The molecule has 0 aromatic heterocycles. The lowest BCUT2D eigenvalue weighted by Crippen LogP contribution is -2.44. The van der Waals surface area contributed by atoms with Crippen molar-refractivity contribution in [2.75, 3.05) is 26.1 Å². The van der Waals surface area contributed by atoms with Gasteiger partial charge in [0.05, 0.1) is 24.9 Å². The zero-order valence-corrected chi connectivity index (χ0v) is 16.7. The number of nitrogens with zero attached hydrogens (tertiary/aromatic N) is 1. The van der Waals surface area contributed by atoms with Crippen LogP contribution in [0.1, 0.15) is 38.5 Å². The Morgan fingerprint density at radius 1 is 1.21 bits per heavy atom. The zero-order chi connectivity index (χ0) is 20.3. The maximum atomic E-state index is 12.6. The van der Waals surface area contributed by atoms with E-state index in [-0.39, 0.29) is 30.8 Å². The number of ether oxygens (including phenoxy) is 2. The average Bonchev–Trinajstić information content (AvgIpc) is 3.23. The molecule has 0 bridgehead atoms. The van der Waals surface area contributed by atoms with Crippen molar-refractivity contribution in [2.45, 2.75) is 44.1 Å². The number of amides is 4. The van der Waals surface area contributed by atoms with E-state index in [0.29, 0.717) is 41.5 Å². The van der Waals surface area contributed by atoms with E-state index in [4.69, 9.17) is 21.1 Å². The number of carbonyl (C=O) groups excluding carboxylic acids is 3. The summed E-state index contributed by atoms with van der Waals surface area (Å²) in [7, 11) is 2.96. The van der Waals surface area contributed by atoms with E-state index in [0.717, 1.165) is 12.8 Å². The summed E-state index contributed by atoms with van der Waals surface area (Å²) in [5, 5.41) is 5.96. The van der Waals surface area contributed by atoms with Crippen molar-refractivity contribution in [3.05, 3.63) is 17.2 Å². The van der Waals surface area contributed by atoms with Gasteiger partial charge in [0.25, 0.3) is 5.91 Å². The van der Waals surface area contributed by atoms with E-state index in [2.05, 4.69) is 10.6 Å². The fourth-order valence-electron chi connectivity index (χ4n) is 3.77. The van der Waals surface area contributed by atoms with Gasteiger partial charge in [0.2, 0.25) is 5.91 Å². The molecule has 9 heteroatoms. The molecule has 1 saturated heterocycles. The maximum Gasteiger partial charge on any atom is 0.325 e. The third-order valence-electron chi connectivity index (χ3n) is 5.24. The number of urea groups is 1. The van der Waals surface area contributed by atoms with Gasteiger partial charge in [-0.25, -0.2) is 4.79 Å². The number of rotatable bonds is 7. The Morgan fingerprint density at radius 2 is 1.89 bits per heavy atom. The number of hydrogen-bond acceptors (Lipinski definition) is 5. The molecule has 0 radical (unpaired) electrons. The minimum Gasteiger partial charge on any atom is -0.495 e. The van der Waals surface area contributed by atoms with Crippen LogP contribution in [0.25, 0.3) is 0 Å². The van der Waals surface area contributed by atoms with E-state index >= 15 is 0 Å². The van der Waals surface area contributed by atoms with Crippen LogP contribution in [0.2, 0.25) is 5.02 Å². The first-order valence-corrected chi connectivity index (χ1v) is 9.63. The Labute approximate surface area is 168 Å². The number of nitrogens with one attached hydrogen (secondary N) is 2. The standard InChI is InChI=1S/C19H24ClN3O5/c1-27-14-11-13(15(28-2)10-12(14)20)21-16(24)6-5-9-23-17(25)19(22-18(23)26)7-3-4-8-19/h10-11H,3-9H2,1-2H3,(H,21,24)(H,22,26). The Morgan fingerprint density at radius 3 is 2.54 bits per heavy atom. The van der Waals surface area contributed by atoms with Gasteiger partial charge in [0, 0.05) is 25.1 Å². The van der Waals surface area contributed by atoms with Crippen LogP contribution in [0.5, 0.6) is 11.5 Å². The number of carbonyl (C=O) groups is 3. The van der Waals surface area contributed by atoms with Crippen molar-refractivity contribution >= 4 is 35.1 Å². The molecular formula is C19H24ClN3O5. The minimum absolute atomic E-state index is 0.151. The molecule has 2 fully saturated rings. The van der Waals surface area contributed by atoms with Gasteiger partial charge in [0.1, 0.15) is 17.0 Å². The molecule has 28 heavy (non-hydrogen) atoms. The molecule has 8 nitrogen and oxygen atoms in total. The lowest BCUT2D eigenvalue weighted by molar-refractivity contribution is -0.131. The topological polar surface area (TPSA) is 97.0 Å². The second kappa shape index (κ2) is 8.26. The summed E-state index contributed by atoms with van der Waals surface area (Å²) >= 11 is 6.06. The first kappa shape index (κ1) is 20.3. The van der Waals surface area contributed by atoms with E-state index in [1.54, 1.807) is 12.1 Å². The Hall–Kier alpha value is -2.48. The molecule has 0 atom stereocenters. The maximum absolute atomic E-state index is 12.6. The van der Waals surface area contributed by atoms with Crippen molar-refractivity contribution in [1.82, 2.24) is 10.2 Å². The normalized spacial score (nSPS) is 17.8. The molecule has 0 unspecified atom stereocenters. The van der Waals surface area contributed by atoms with E-state index in [1.165, 1.54) is 19.1 Å². The summed E-state index contributed by atoms with van der Waals surface area (Å²) < 4.78 is 10.4. The molecule has 2 aliphatic rings. The lowest BCUT2D eigenvalue weighted by Gasteiger charge is -2.20. The highest BCUT2D eigenvalue weighted by atomic mass is 35.5. The van der Waals surface area contributed by atoms with Crippen LogP contribution >= 0.6 is 11.6 Å². The molecule has 1 aromatic rings. The predicted molar refractivity (Wildman–Crippen MR) is 104 cm³/mol. The van der Waals surface area contributed by atoms with E-state index in [9.17, 15) is 14.4 Å². The third-order valence-corrected chi connectivity index (χ3v) is 5.53. The fraction of sp³-hybridized carbons (Fsp3) is 0.526. The number of imide groups is 1. The molecule has 1 aromatic carbocycles. The monoisotopic (exact) mass is 409 g/mol. The number of methoxy groups -OCH3 is 2. The van der Waals surface area contributed by atoms with Gasteiger partial charge in [-0.05, 0) is 19.3 Å². The van der Waals surface area contributed by atoms with Crippen molar-refractivity contribution in [2.24, 2.45) is 0 Å². The number of hydrogen-bond donors (Lipinski definition) is 2. The number of halogens is 1. The van der Waals surface area contributed by atoms with Gasteiger partial charge < -0.3 is 20.1 Å². The van der Waals surface area contributed by atoms with Gasteiger partial charge >= 0.3 is 6.03 Å². The van der Waals surface area contributed by atoms with Crippen molar-refractivity contribution < 1.29 is 23.9 Å². The molecule has 1 aliphatic heterocycles. The molecule has 1 aliphatic carbocycles. The highest BCUT2D eigenvalue weighted by Gasteiger charge is 2.52. The van der Waals surface area contributed by atoms with Crippen LogP contribution in [0.3, 0.4) is 0 Å². The van der Waals surface area contributed by atoms with Gasteiger partial charge in [-0.3, -0.25) is 14.5 Å². The van der Waals surface area contributed by atoms with E-state index in [1.807, 2.05) is 0 Å². The molecule has 1 spiro atoms. The molecule has 3 rings (SSSR count). The summed E-state index contributed by atoms with van der Waals surface area (Å²) in [5.41, 5.74) is -0.277. The number of anilines is 1. The molecular weight excluding hydrogens is 386 g/mol. The highest BCUT2D eigenvalue weighted by molar-refractivity contribution is 6.32. The molecule has 2 N–H and O–H groups in total. The smallest absolute Gasteiger partial charge is 0.325 e. The van der Waals surface area contributed by atoms with Gasteiger partial charge in [-0.2, -0.15) is 0 Å². The second-order valence-corrected chi connectivity index (χ2v) is 7.42. The predicted octanol–water partition coefficient (Wildman–Crippen LogP) is 2.94. The molecule has 4 amide bonds. The molecule has 152 valence electrons. The van der Waals surface area contributed by atoms with Crippen LogP contribution in [-0.2, 0) is 9.59 Å². The molecule has 1 saturated carbocycles. The average molecular weight is 410 g/mol. The summed E-state index contributed by atoms with van der Waals surface area (Å²) in [4.78, 5) is 38.3. The van der Waals surface area contributed by atoms with Crippen molar-refractivity contribution in [3.63, 3.8) is 0 Å². The zero-order valence-electron chi connectivity index (χ0n) is 16.0. The van der Waals surface area contributed by atoms with Crippen LogP contribution in [-0.4, -0.2) is 49.0 Å². The SMILES string of the molecule is COc1cc(NC(=O)CCCN2C(=O)NC3(CCCC3)C2=O)c(OC)cc1Cl. The lowest BCUT2D eigenvalue weighted by atomic mass is 9.98. The highest BCUT2D eigenvalue weighted by Crippen LogP contribution is 2.36. The van der Waals surface area contributed by atoms with E-state index < -0.39 is 5.54 Å². The van der Waals surface area contributed by atoms with Crippen molar-refractivity contribution in [1.29, 1.82) is 0 Å². The van der Waals surface area contributed by atoms with Gasteiger partial charge in [0.15, 0.2) is 0 Å². The van der Waals surface area contributed by atoms with Crippen LogP contribution in [0.15, 0.2) is 12.1 Å². The quantitative estimate of drug-likeness (QED) is 0.675. The van der Waals surface area contributed by atoms with Gasteiger partial charge in [-0.1, -0.05) is 24.4 Å². The Bertz CT molecular complexity index is 792. The third kappa shape index (κ3) is 3.87. The summed E-state index contributed by atoms with van der Waals surface area (Å²) in [6, 6.07) is 2.78. The van der Waals surface area contributed by atoms with Crippen LogP contribution in [0, 0.1) is 0 Å². The van der Waals surface area contributed by atoms with Crippen molar-refractivity contribution in [3.8, 4) is 11.5 Å².